The molecule has 1 aromatic rings. The van der Waals surface area contributed by atoms with E-state index in [9.17, 15) is 9.18 Å². The van der Waals surface area contributed by atoms with E-state index in [1.54, 1.807) is 0 Å². The van der Waals surface area contributed by atoms with Gasteiger partial charge in [-0.05, 0) is 36.5 Å². The molecule has 1 N–H and O–H groups in total. The van der Waals surface area contributed by atoms with Crippen LogP contribution in [0.3, 0.4) is 0 Å². The van der Waals surface area contributed by atoms with Crippen molar-refractivity contribution in [1.29, 1.82) is 0 Å². The van der Waals surface area contributed by atoms with Crippen LogP contribution in [0.2, 0.25) is 0 Å². The van der Waals surface area contributed by atoms with Gasteiger partial charge in [-0.2, -0.15) is 0 Å². The molecule has 4 nitrogen and oxygen atoms in total. The molecular weight excluding hydrogens is 319 g/mol. The number of rotatable bonds is 5. The molecule has 5 heteroatoms. The molecule has 1 unspecified atom stereocenters. The van der Waals surface area contributed by atoms with Crippen molar-refractivity contribution in [2.24, 2.45) is 5.92 Å². The second kappa shape index (κ2) is 7.42. The van der Waals surface area contributed by atoms with Gasteiger partial charge < -0.3 is 15.0 Å². The summed E-state index contributed by atoms with van der Waals surface area (Å²) >= 11 is 0. The Morgan fingerprint density at radius 2 is 1.84 bits per heavy atom. The van der Waals surface area contributed by atoms with Crippen LogP contribution >= 0.6 is 0 Å². The summed E-state index contributed by atoms with van der Waals surface area (Å²) in [6, 6.07) is 6.86. The summed E-state index contributed by atoms with van der Waals surface area (Å²) in [5.74, 6) is 0.203. The second-order valence-electron chi connectivity index (χ2n) is 8.04. The number of ether oxygens (including phenoxy) is 1. The van der Waals surface area contributed by atoms with Crippen molar-refractivity contribution in [3.8, 4) is 0 Å². The van der Waals surface area contributed by atoms with Gasteiger partial charge in [0, 0.05) is 37.8 Å². The molecule has 2 fully saturated rings. The molecule has 0 radical (unpaired) electrons. The van der Waals surface area contributed by atoms with E-state index in [1.165, 1.54) is 12.1 Å². The van der Waals surface area contributed by atoms with Crippen LogP contribution in [0.1, 0.15) is 39.2 Å². The lowest BCUT2D eigenvalue weighted by atomic mass is 9.75. The summed E-state index contributed by atoms with van der Waals surface area (Å²) < 4.78 is 18.5. The van der Waals surface area contributed by atoms with E-state index in [-0.39, 0.29) is 29.1 Å². The van der Waals surface area contributed by atoms with Gasteiger partial charge in [-0.1, -0.05) is 32.9 Å². The zero-order valence-electron chi connectivity index (χ0n) is 15.4. The highest BCUT2D eigenvalue weighted by Gasteiger charge is 2.44. The molecule has 1 amide bonds. The van der Waals surface area contributed by atoms with E-state index in [4.69, 9.17) is 4.74 Å². The van der Waals surface area contributed by atoms with E-state index < -0.39 is 0 Å². The van der Waals surface area contributed by atoms with Gasteiger partial charge in [0.15, 0.2) is 0 Å². The predicted octanol–water partition coefficient (Wildman–Crippen LogP) is 2.72. The quantitative estimate of drug-likeness (QED) is 0.890. The minimum absolute atomic E-state index is 0.0798. The third-order valence-corrected chi connectivity index (χ3v) is 5.50. The Morgan fingerprint density at radius 3 is 2.40 bits per heavy atom. The van der Waals surface area contributed by atoms with Gasteiger partial charge >= 0.3 is 0 Å². The molecule has 2 aliphatic rings. The van der Waals surface area contributed by atoms with Gasteiger partial charge in [0.25, 0.3) is 0 Å². The Kier molecular flexibility index (Phi) is 5.44. The molecule has 0 spiro atoms. The molecule has 25 heavy (non-hydrogen) atoms. The Labute approximate surface area is 149 Å². The predicted molar refractivity (Wildman–Crippen MR) is 95.9 cm³/mol. The van der Waals surface area contributed by atoms with Gasteiger partial charge in [0.05, 0.1) is 6.04 Å². The summed E-state index contributed by atoms with van der Waals surface area (Å²) in [6.45, 7) is 9.24. The monoisotopic (exact) mass is 348 g/mol. The SMILES string of the molecule is CC(C)C(NC1CCOCC1)C(=O)N1CC(C)(c2ccc(F)cc2)C1. The van der Waals surface area contributed by atoms with E-state index in [1.807, 2.05) is 17.0 Å². The molecule has 138 valence electrons. The number of hydrogen-bond donors (Lipinski definition) is 1. The molecule has 0 aromatic heterocycles. The van der Waals surface area contributed by atoms with Gasteiger partial charge in [0.1, 0.15) is 5.82 Å². The molecular formula is C20H29FN2O2. The molecule has 2 saturated heterocycles. The van der Waals surface area contributed by atoms with Gasteiger partial charge in [-0.25, -0.2) is 4.39 Å². The lowest BCUT2D eigenvalue weighted by Crippen LogP contribution is -2.64. The fraction of sp³-hybridized carbons (Fsp3) is 0.650. The van der Waals surface area contributed by atoms with Crippen molar-refractivity contribution in [2.45, 2.75) is 51.1 Å². The molecule has 3 rings (SSSR count). The van der Waals surface area contributed by atoms with Crippen molar-refractivity contribution in [3.63, 3.8) is 0 Å². The van der Waals surface area contributed by atoms with E-state index >= 15 is 0 Å². The van der Waals surface area contributed by atoms with Crippen molar-refractivity contribution in [1.82, 2.24) is 10.2 Å². The Morgan fingerprint density at radius 1 is 1.24 bits per heavy atom. The first-order valence-electron chi connectivity index (χ1n) is 9.28. The topological polar surface area (TPSA) is 41.6 Å². The van der Waals surface area contributed by atoms with Crippen LogP contribution in [0.4, 0.5) is 4.39 Å². The van der Waals surface area contributed by atoms with Crippen LogP contribution in [0.25, 0.3) is 0 Å². The number of benzene rings is 1. The van der Waals surface area contributed by atoms with Gasteiger partial charge in [0.2, 0.25) is 5.91 Å². The lowest BCUT2D eigenvalue weighted by Gasteiger charge is -2.50. The van der Waals surface area contributed by atoms with Gasteiger partial charge in [-0.15, -0.1) is 0 Å². The first-order valence-corrected chi connectivity index (χ1v) is 9.28. The summed E-state index contributed by atoms with van der Waals surface area (Å²) in [4.78, 5) is 14.9. The third kappa shape index (κ3) is 4.04. The number of carbonyl (C=O) groups is 1. The molecule has 0 saturated carbocycles. The molecule has 2 aliphatic heterocycles. The summed E-state index contributed by atoms with van der Waals surface area (Å²) in [5.41, 5.74) is 1.01. The number of nitrogens with one attached hydrogen (secondary N) is 1. The summed E-state index contributed by atoms with van der Waals surface area (Å²) in [5, 5.41) is 3.56. The summed E-state index contributed by atoms with van der Waals surface area (Å²) in [6.07, 6.45) is 1.92. The zero-order valence-corrected chi connectivity index (χ0v) is 15.4. The maximum absolute atomic E-state index is 13.1. The van der Waals surface area contributed by atoms with Crippen molar-refractivity contribution in [2.75, 3.05) is 26.3 Å². The van der Waals surface area contributed by atoms with Crippen molar-refractivity contribution >= 4 is 5.91 Å². The standard InChI is InChI=1S/C20H29FN2O2/c1-14(2)18(22-17-8-10-25-11-9-17)19(24)23-12-20(3,13-23)15-4-6-16(21)7-5-15/h4-7,14,17-18,22H,8-13H2,1-3H3. The van der Waals surface area contributed by atoms with E-state index in [0.29, 0.717) is 19.1 Å². The number of nitrogens with zero attached hydrogens (tertiary/aromatic N) is 1. The average molecular weight is 348 g/mol. The smallest absolute Gasteiger partial charge is 0.240 e. The largest absolute Gasteiger partial charge is 0.381 e. The zero-order chi connectivity index (χ0) is 18.0. The normalized spacial score (nSPS) is 21.9. The van der Waals surface area contributed by atoms with Crippen LogP contribution in [0, 0.1) is 11.7 Å². The van der Waals surface area contributed by atoms with Crippen molar-refractivity contribution < 1.29 is 13.9 Å². The van der Waals surface area contributed by atoms with Crippen LogP contribution in [-0.2, 0) is 14.9 Å². The fourth-order valence-electron chi connectivity index (χ4n) is 3.85. The molecule has 1 atom stereocenters. The fourth-order valence-corrected chi connectivity index (χ4v) is 3.85. The third-order valence-electron chi connectivity index (χ3n) is 5.50. The number of halogens is 1. The van der Waals surface area contributed by atoms with E-state index in [2.05, 4.69) is 26.1 Å². The van der Waals surface area contributed by atoms with Gasteiger partial charge in [-0.3, -0.25) is 4.79 Å². The highest BCUT2D eigenvalue weighted by Crippen LogP contribution is 2.35. The van der Waals surface area contributed by atoms with Crippen LogP contribution < -0.4 is 5.32 Å². The highest BCUT2D eigenvalue weighted by molar-refractivity contribution is 5.83. The first kappa shape index (κ1) is 18.3. The molecule has 0 bridgehead atoms. The maximum Gasteiger partial charge on any atom is 0.240 e. The molecule has 0 aliphatic carbocycles. The number of amides is 1. The lowest BCUT2D eigenvalue weighted by molar-refractivity contribution is -0.142. The van der Waals surface area contributed by atoms with E-state index in [0.717, 1.165) is 31.6 Å². The van der Waals surface area contributed by atoms with Crippen LogP contribution in [0.5, 0.6) is 0 Å². The minimum atomic E-state index is -0.222. The van der Waals surface area contributed by atoms with Crippen LogP contribution in [0.15, 0.2) is 24.3 Å². The summed E-state index contributed by atoms with van der Waals surface area (Å²) in [7, 11) is 0. The Balaban J connectivity index is 1.61. The Bertz CT molecular complexity index is 590. The second-order valence-corrected chi connectivity index (χ2v) is 8.04. The molecule has 1 aromatic carbocycles. The maximum atomic E-state index is 13.1. The average Bonchev–Trinajstić information content (AvgIpc) is 2.57. The first-order chi connectivity index (χ1) is 11.9. The van der Waals surface area contributed by atoms with Crippen molar-refractivity contribution in [3.05, 3.63) is 35.6 Å². The number of likely N-dealkylation sites (tertiary alicyclic amines) is 1. The molecule has 2 heterocycles. The van der Waals surface area contributed by atoms with Crippen LogP contribution in [-0.4, -0.2) is 49.2 Å². The number of carbonyl (C=O) groups excluding carboxylic acids is 1. The Hall–Kier alpha value is -1.46. The minimum Gasteiger partial charge on any atom is -0.381 e. The number of hydrogen-bond acceptors (Lipinski definition) is 3. The highest BCUT2D eigenvalue weighted by atomic mass is 19.1.